The molecule has 376 valence electrons. The Morgan fingerprint density at radius 1 is 0.600 bits per heavy atom. The van der Waals surface area contributed by atoms with Crippen molar-refractivity contribution < 1.29 is 49.4 Å². The van der Waals surface area contributed by atoms with Crippen LogP contribution in [0, 0.1) is 23.7 Å². The Morgan fingerprint density at radius 3 is 1.53 bits per heavy atom. The van der Waals surface area contributed by atoms with Crippen LogP contribution >= 0.6 is 0 Å². The summed E-state index contributed by atoms with van der Waals surface area (Å²) in [5.74, 6) is -0.604. The Hall–Kier alpha value is -5.69. The van der Waals surface area contributed by atoms with E-state index in [9.17, 15) is 40.7 Å². The zero-order valence-corrected chi connectivity index (χ0v) is 41.9. The zero-order valence-electron chi connectivity index (χ0n) is 41.9. The van der Waals surface area contributed by atoms with Crippen LogP contribution in [0.3, 0.4) is 0 Å². The number of alkyl halides is 6. The minimum atomic E-state index is -4.69. The average Bonchev–Trinajstić information content (AvgIpc) is 3.24. The highest BCUT2D eigenvalue weighted by atomic mass is 19.4. The molecule has 2 heterocycles. The maximum absolute atomic E-state index is 14.2. The normalized spacial score (nSPS) is 14.2. The summed E-state index contributed by atoms with van der Waals surface area (Å²) in [7, 11) is 0. The Morgan fingerprint density at radius 2 is 1.07 bits per heavy atom. The second-order valence-corrected chi connectivity index (χ2v) is 21.6. The molecule has 0 spiro atoms. The van der Waals surface area contributed by atoms with Gasteiger partial charge in [-0.05, 0) is 130 Å². The van der Waals surface area contributed by atoms with Crippen molar-refractivity contribution in [2.75, 3.05) is 0 Å². The van der Waals surface area contributed by atoms with Crippen molar-refractivity contribution in [3.05, 3.63) is 139 Å². The summed E-state index contributed by atoms with van der Waals surface area (Å²) in [5.41, 5.74) is -2.94. The van der Waals surface area contributed by atoms with E-state index in [-0.39, 0.29) is 68.3 Å². The summed E-state index contributed by atoms with van der Waals surface area (Å²) in [6.07, 6.45) is -6.83. The third-order valence-corrected chi connectivity index (χ3v) is 12.7. The summed E-state index contributed by atoms with van der Waals surface area (Å²) in [4.78, 5) is 40.3. The van der Waals surface area contributed by atoms with Gasteiger partial charge in [-0.25, -0.2) is 9.59 Å². The van der Waals surface area contributed by atoms with Gasteiger partial charge in [-0.15, -0.1) is 0 Å². The molecule has 0 saturated heterocycles. The smallest absolute Gasteiger partial charge is 0.417 e. The van der Waals surface area contributed by atoms with Gasteiger partial charge < -0.3 is 18.3 Å². The number of carbonyl (C=O) groups is 1. The van der Waals surface area contributed by atoms with E-state index < -0.39 is 40.3 Å². The topological polar surface area (TPSA) is 96.0 Å². The molecule has 0 saturated carbocycles. The average molecular weight is 975 g/mol. The van der Waals surface area contributed by atoms with Gasteiger partial charge in [-0.3, -0.25) is 4.79 Å². The van der Waals surface area contributed by atoms with Crippen LogP contribution in [0.4, 0.5) is 26.3 Å². The van der Waals surface area contributed by atoms with Crippen molar-refractivity contribution in [3.8, 4) is 22.3 Å². The third-order valence-electron chi connectivity index (χ3n) is 12.7. The molecule has 3 unspecified atom stereocenters. The lowest BCUT2D eigenvalue weighted by atomic mass is 9.72. The number of hydrogen-bond donors (Lipinski definition) is 0. The second kappa shape index (κ2) is 20.6. The van der Waals surface area contributed by atoms with E-state index in [4.69, 9.17) is 18.3 Å². The van der Waals surface area contributed by atoms with Gasteiger partial charge in [0.2, 0.25) is 0 Å². The number of carbonyl (C=O) groups excluding carboxylic acids is 1. The van der Waals surface area contributed by atoms with E-state index in [1.54, 1.807) is 44.2 Å². The zero-order chi connectivity index (χ0) is 51.7. The second-order valence-electron chi connectivity index (χ2n) is 21.6. The molecule has 0 radical (unpaired) electrons. The number of esters is 1. The molecule has 0 aliphatic rings. The maximum atomic E-state index is 14.2. The van der Waals surface area contributed by atoms with Crippen LogP contribution in [0.5, 0.6) is 0 Å². The van der Waals surface area contributed by atoms with E-state index in [1.807, 2.05) is 53.7 Å². The highest BCUT2D eigenvalue weighted by Crippen LogP contribution is 2.41. The van der Waals surface area contributed by atoms with Gasteiger partial charge in [0.25, 0.3) is 0 Å². The molecule has 4 aromatic carbocycles. The van der Waals surface area contributed by atoms with E-state index in [0.29, 0.717) is 66.8 Å². The van der Waals surface area contributed by atoms with Crippen LogP contribution in [-0.2, 0) is 45.9 Å². The van der Waals surface area contributed by atoms with Crippen LogP contribution in [-0.4, -0.2) is 23.8 Å². The highest BCUT2D eigenvalue weighted by molar-refractivity contribution is 5.84. The summed E-state index contributed by atoms with van der Waals surface area (Å²) < 4.78 is 109. The number of fused-ring (bicyclic) bond motifs is 2. The molecule has 3 atom stereocenters. The van der Waals surface area contributed by atoms with Gasteiger partial charge >= 0.3 is 29.6 Å². The molecular formula is C57H64F6O7. The molecule has 0 N–H and O–H groups in total. The minimum Gasteiger partial charge on any atom is -0.459 e. The molecule has 7 nitrogen and oxygen atoms in total. The highest BCUT2D eigenvalue weighted by Gasteiger charge is 2.40. The first-order chi connectivity index (χ1) is 32.4. The number of aryl methyl sites for hydroxylation is 4. The van der Waals surface area contributed by atoms with E-state index in [0.717, 1.165) is 23.3 Å². The molecule has 0 bridgehead atoms. The number of benzene rings is 4. The number of halogens is 6. The molecule has 70 heavy (non-hydrogen) atoms. The van der Waals surface area contributed by atoms with Gasteiger partial charge in [0, 0.05) is 28.3 Å². The number of rotatable bonds is 16. The van der Waals surface area contributed by atoms with Crippen molar-refractivity contribution >= 4 is 27.9 Å². The van der Waals surface area contributed by atoms with Crippen LogP contribution in [0.2, 0.25) is 0 Å². The summed E-state index contributed by atoms with van der Waals surface area (Å²) >= 11 is 0. The largest absolute Gasteiger partial charge is 0.459 e. The van der Waals surface area contributed by atoms with Gasteiger partial charge in [0.05, 0.1) is 40.4 Å². The van der Waals surface area contributed by atoms with Gasteiger partial charge in [-0.2, -0.15) is 26.3 Å². The summed E-state index contributed by atoms with van der Waals surface area (Å²) in [6, 6.07) is 21.0. The molecule has 2 aromatic heterocycles. The van der Waals surface area contributed by atoms with Crippen LogP contribution in [0.15, 0.2) is 103 Å². The van der Waals surface area contributed by atoms with Crippen LogP contribution in [0.1, 0.15) is 128 Å². The predicted octanol–water partition coefficient (Wildman–Crippen LogP) is 15.3. The Balaban J connectivity index is 1.25. The molecule has 0 aliphatic heterocycles. The quantitative estimate of drug-likeness (QED) is 0.0541. The molecule has 13 heteroatoms. The first-order valence-corrected chi connectivity index (χ1v) is 23.8. The van der Waals surface area contributed by atoms with Gasteiger partial charge in [0.1, 0.15) is 16.8 Å². The van der Waals surface area contributed by atoms with Crippen molar-refractivity contribution in [1.82, 2.24) is 0 Å². The minimum absolute atomic E-state index is 0.104. The van der Waals surface area contributed by atoms with Crippen LogP contribution in [0.25, 0.3) is 44.2 Å². The van der Waals surface area contributed by atoms with Crippen molar-refractivity contribution in [3.63, 3.8) is 0 Å². The first-order valence-electron chi connectivity index (χ1n) is 23.8. The maximum Gasteiger partial charge on any atom is 0.417 e. The fraction of sp³-hybridized carbons (Fsp3) is 0.456. The van der Waals surface area contributed by atoms with Crippen molar-refractivity contribution in [1.29, 1.82) is 0 Å². The lowest BCUT2D eigenvalue weighted by Gasteiger charge is -2.37. The Labute approximate surface area is 405 Å². The third kappa shape index (κ3) is 13.6. The predicted molar refractivity (Wildman–Crippen MR) is 263 cm³/mol. The van der Waals surface area contributed by atoms with E-state index in [2.05, 4.69) is 20.8 Å². The summed E-state index contributed by atoms with van der Waals surface area (Å²) in [6.45, 7) is 21.3. The molecule has 0 aliphatic carbocycles. The Bertz CT molecular complexity index is 2960. The number of hydrogen-bond acceptors (Lipinski definition) is 7. The fourth-order valence-electron chi connectivity index (χ4n) is 9.15. The number of ether oxygens (including phenoxy) is 2. The monoisotopic (exact) mass is 974 g/mol. The molecule has 0 fully saturated rings. The van der Waals surface area contributed by atoms with Gasteiger partial charge in [0.15, 0.2) is 0 Å². The molecule has 6 rings (SSSR count). The molecule has 6 aromatic rings. The van der Waals surface area contributed by atoms with Gasteiger partial charge in [-0.1, -0.05) is 103 Å². The first kappa shape index (κ1) is 53.7. The summed E-state index contributed by atoms with van der Waals surface area (Å²) in [5, 5.41) is 0.905. The van der Waals surface area contributed by atoms with Crippen LogP contribution < -0.4 is 11.3 Å². The van der Waals surface area contributed by atoms with E-state index >= 15 is 0 Å². The molecule has 0 amide bonds. The standard InChI is InChI=1S/C57H64F6O7/c1-12-35-18-24-42(46(26-35)57(61,62)63)44-30-39-20-15-37(28-49(39)69-51(44)65)17-22-40(67-34(3)31-55(10,11)70-52(66)47(54(7,8)9)32-53(4,5)6)21-16-36-14-19-38-29-43(50(64)68-48(38)27-36)41-23-13-33(2)25-45(41)56(58,59)60/h13-15,18-20,23-30,34,40,47H,12,16-17,21-22,31-32H2,1-11H3. The lowest BCUT2D eigenvalue weighted by molar-refractivity contribution is -0.171. The Kier molecular flexibility index (Phi) is 15.8. The van der Waals surface area contributed by atoms with Crippen molar-refractivity contribution in [2.24, 2.45) is 16.7 Å². The van der Waals surface area contributed by atoms with Crippen molar-refractivity contribution in [2.45, 2.75) is 151 Å². The fourth-order valence-corrected chi connectivity index (χ4v) is 9.15. The lowest BCUT2D eigenvalue weighted by Crippen LogP contribution is -2.40. The van der Waals surface area contributed by atoms with E-state index in [1.165, 1.54) is 30.3 Å². The molecular weight excluding hydrogens is 911 g/mol. The SMILES string of the molecule is CCc1ccc(-c2cc3ccc(CCC(CCc4ccc5cc(-c6ccc(C)cc6C(F)(F)F)c(=O)oc5c4)OC(C)CC(C)(C)OC(=O)C(CC(C)(C)C)C(C)(C)C)cc3oc2=O)c(C(F)(F)F)c1.